The highest BCUT2D eigenvalue weighted by molar-refractivity contribution is 7.98. The molecule has 4 aromatic rings. The highest BCUT2D eigenvalue weighted by atomic mass is 32.2. The Balaban J connectivity index is 1.35. The van der Waals surface area contributed by atoms with Crippen molar-refractivity contribution in [2.75, 3.05) is 26.0 Å². The molecule has 0 saturated heterocycles. The molecule has 0 bridgehead atoms. The van der Waals surface area contributed by atoms with Crippen LogP contribution in [-0.4, -0.2) is 31.7 Å². The van der Waals surface area contributed by atoms with Gasteiger partial charge in [0.1, 0.15) is 12.3 Å². The van der Waals surface area contributed by atoms with Gasteiger partial charge in [-0.15, -0.1) is 11.8 Å². The summed E-state index contributed by atoms with van der Waals surface area (Å²) in [6.07, 6.45) is 5.19. The molecule has 0 atom stereocenters. The maximum Gasteiger partial charge on any atom is 0.117 e. The van der Waals surface area contributed by atoms with Crippen LogP contribution in [0.5, 0.6) is 0 Å². The van der Waals surface area contributed by atoms with Crippen molar-refractivity contribution in [3.05, 3.63) is 114 Å². The first-order valence-electron chi connectivity index (χ1n) is 11.9. The van der Waals surface area contributed by atoms with E-state index in [9.17, 15) is 0 Å². The highest BCUT2D eigenvalue weighted by Gasteiger charge is 2.12. The predicted molar refractivity (Wildman–Crippen MR) is 146 cm³/mol. The maximum absolute atomic E-state index is 5.84. The molecule has 0 heterocycles. The van der Waals surface area contributed by atoms with Crippen LogP contribution in [0.1, 0.15) is 29.5 Å². The van der Waals surface area contributed by atoms with Crippen LogP contribution in [0, 0.1) is 0 Å². The number of hydrogen-bond donors (Lipinski definition) is 1. The van der Waals surface area contributed by atoms with Crippen molar-refractivity contribution < 1.29 is 4.84 Å². The molecule has 0 spiro atoms. The number of nitrogens with one attached hydrogen (secondary N) is 1. The Morgan fingerprint density at radius 3 is 2.38 bits per heavy atom. The molecule has 0 saturated carbocycles. The van der Waals surface area contributed by atoms with Gasteiger partial charge in [-0.1, -0.05) is 90.1 Å². The average molecular weight is 469 g/mol. The Bertz CT molecular complexity index is 1180. The molecule has 4 heteroatoms. The van der Waals surface area contributed by atoms with Crippen molar-refractivity contribution in [2.24, 2.45) is 5.16 Å². The summed E-state index contributed by atoms with van der Waals surface area (Å²) < 4.78 is 0. The third-order valence-electron chi connectivity index (χ3n) is 5.84. The Kier molecular flexibility index (Phi) is 9.18. The van der Waals surface area contributed by atoms with Gasteiger partial charge in [0.2, 0.25) is 0 Å². The van der Waals surface area contributed by atoms with Crippen molar-refractivity contribution in [3.8, 4) is 0 Å². The van der Waals surface area contributed by atoms with E-state index in [1.807, 2.05) is 0 Å². The number of fused-ring (bicyclic) bond motifs is 1. The standard InChI is InChI=1S/C30H32N2OS/c1-34-27-18-16-26(17-19-27)30(29-15-9-13-25-12-5-6-14-28(25)29)32-33-23-8-7-21-31-22-20-24-10-3-2-4-11-24/h2-6,9-19,31H,7-8,20-23H2,1H3/b32-30+. The molecular weight excluding hydrogens is 436 g/mol. The molecule has 0 aliphatic rings. The highest BCUT2D eigenvalue weighted by Crippen LogP contribution is 2.24. The van der Waals surface area contributed by atoms with E-state index in [1.165, 1.54) is 21.2 Å². The fourth-order valence-corrected chi connectivity index (χ4v) is 4.38. The van der Waals surface area contributed by atoms with E-state index in [0.717, 1.165) is 49.2 Å². The van der Waals surface area contributed by atoms with Crippen molar-refractivity contribution in [2.45, 2.75) is 24.2 Å². The summed E-state index contributed by atoms with van der Waals surface area (Å²) in [6.45, 7) is 2.60. The summed E-state index contributed by atoms with van der Waals surface area (Å²) in [5, 5.41) is 10.5. The quantitative estimate of drug-likeness (QED) is 0.106. The number of thioether (sulfide) groups is 1. The first-order chi connectivity index (χ1) is 16.8. The molecule has 4 aromatic carbocycles. The number of oxime groups is 1. The molecule has 3 nitrogen and oxygen atoms in total. The van der Waals surface area contributed by atoms with E-state index in [0.29, 0.717) is 6.61 Å². The van der Waals surface area contributed by atoms with E-state index in [4.69, 9.17) is 4.84 Å². The van der Waals surface area contributed by atoms with Crippen molar-refractivity contribution in [3.63, 3.8) is 0 Å². The third kappa shape index (κ3) is 6.72. The van der Waals surface area contributed by atoms with Crippen molar-refractivity contribution in [1.29, 1.82) is 0 Å². The predicted octanol–water partition coefficient (Wildman–Crippen LogP) is 6.94. The second-order valence-electron chi connectivity index (χ2n) is 8.22. The van der Waals surface area contributed by atoms with E-state index in [2.05, 4.69) is 114 Å². The van der Waals surface area contributed by atoms with Gasteiger partial charge in [0.25, 0.3) is 0 Å². The summed E-state index contributed by atoms with van der Waals surface area (Å²) in [5.74, 6) is 0. The van der Waals surface area contributed by atoms with Gasteiger partial charge in [-0.3, -0.25) is 0 Å². The Labute approximate surface area is 207 Å². The van der Waals surface area contributed by atoms with Gasteiger partial charge in [-0.2, -0.15) is 0 Å². The smallest absolute Gasteiger partial charge is 0.117 e. The number of nitrogens with zero attached hydrogens (tertiary/aromatic N) is 1. The van der Waals surface area contributed by atoms with E-state index in [1.54, 1.807) is 11.8 Å². The molecule has 0 aliphatic heterocycles. The minimum Gasteiger partial charge on any atom is -0.395 e. The fraction of sp³-hybridized carbons (Fsp3) is 0.233. The van der Waals surface area contributed by atoms with Crippen LogP contribution >= 0.6 is 11.8 Å². The first kappa shape index (κ1) is 24.1. The molecule has 34 heavy (non-hydrogen) atoms. The molecule has 0 aliphatic carbocycles. The van der Waals surface area contributed by atoms with Crippen LogP contribution in [0.25, 0.3) is 10.8 Å². The average Bonchev–Trinajstić information content (AvgIpc) is 2.90. The molecule has 174 valence electrons. The number of hydrogen-bond acceptors (Lipinski definition) is 4. The zero-order chi connectivity index (χ0) is 23.4. The molecule has 4 rings (SSSR count). The number of benzene rings is 4. The molecule has 0 fully saturated rings. The summed E-state index contributed by atoms with van der Waals surface area (Å²) in [5.41, 5.74) is 4.42. The zero-order valence-electron chi connectivity index (χ0n) is 19.7. The molecule has 0 amide bonds. The summed E-state index contributed by atoms with van der Waals surface area (Å²) in [6, 6.07) is 33.9. The SMILES string of the molecule is CSc1ccc(/C(=N\OCCCCNCCc2ccccc2)c2cccc3ccccc23)cc1. The summed E-state index contributed by atoms with van der Waals surface area (Å²) in [4.78, 5) is 7.08. The topological polar surface area (TPSA) is 33.6 Å². The second kappa shape index (κ2) is 13.0. The van der Waals surface area contributed by atoms with E-state index >= 15 is 0 Å². The van der Waals surface area contributed by atoms with Gasteiger partial charge in [0.15, 0.2) is 0 Å². The molecule has 1 N–H and O–H groups in total. The molecule has 0 radical (unpaired) electrons. The zero-order valence-corrected chi connectivity index (χ0v) is 20.6. The van der Waals surface area contributed by atoms with E-state index < -0.39 is 0 Å². The van der Waals surface area contributed by atoms with Gasteiger partial charge < -0.3 is 10.2 Å². The Hall–Kier alpha value is -3.08. The van der Waals surface area contributed by atoms with Gasteiger partial charge in [-0.25, -0.2) is 0 Å². The fourth-order valence-electron chi connectivity index (χ4n) is 3.97. The minimum absolute atomic E-state index is 0.609. The third-order valence-corrected chi connectivity index (χ3v) is 6.58. The maximum atomic E-state index is 5.84. The van der Waals surface area contributed by atoms with Crippen LogP contribution < -0.4 is 5.32 Å². The largest absolute Gasteiger partial charge is 0.395 e. The van der Waals surface area contributed by atoms with Crippen LogP contribution in [0.2, 0.25) is 0 Å². The van der Waals surface area contributed by atoms with Gasteiger partial charge >= 0.3 is 0 Å². The number of unbranched alkanes of at least 4 members (excludes halogenated alkanes) is 1. The lowest BCUT2D eigenvalue weighted by Crippen LogP contribution is -2.18. The summed E-state index contributed by atoms with van der Waals surface area (Å²) >= 11 is 1.74. The van der Waals surface area contributed by atoms with Gasteiger partial charge in [-0.05, 0) is 67.1 Å². The lowest BCUT2D eigenvalue weighted by molar-refractivity contribution is 0.140. The van der Waals surface area contributed by atoms with Gasteiger partial charge in [0.05, 0.1) is 0 Å². The van der Waals surface area contributed by atoms with Gasteiger partial charge in [0, 0.05) is 16.0 Å². The summed E-state index contributed by atoms with van der Waals surface area (Å²) in [7, 11) is 0. The van der Waals surface area contributed by atoms with Crippen molar-refractivity contribution >= 4 is 28.2 Å². The lowest BCUT2D eigenvalue weighted by atomic mass is 9.97. The second-order valence-corrected chi connectivity index (χ2v) is 9.10. The molecular formula is C30H32N2OS. The minimum atomic E-state index is 0.609. The molecule has 0 aromatic heterocycles. The number of rotatable bonds is 12. The Morgan fingerprint density at radius 1 is 0.794 bits per heavy atom. The normalized spacial score (nSPS) is 11.6. The van der Waals surface area contributed by atoms with Crippen LogP contribution in [-0.2, 0) is 11.3 Å². The monoisotopic (exact) mass is 468 g/mol. The Morgan fingerprint density at radius 2 is 1.56 bits per heavy atom. The van der Waals surface area contributed by atoms with Crippen LogP contribution in [0.15, 0.2) is 107 Å². The molecule has 0 unspecified atom stereocenters. The first-order valence-corrected chi connectivity index (χ1v) is 13.1. The van der Waals surface area contributed by atoms with Crippen LogP contribution in [0.3, 0.4) is 0 Å². The lowest BCUT2D eigenvalue weighted by Gasteiger charge is -2.11. The van der Waals surface area contributed by atoms with Crippen LogP contribution in [0.4, 0.5) is 0 Å². The van der Waals surface area contributed by atoms with Crippen molar-refractivity contribution in [1.82, 2.24) is 5.32 Å². The van der Waals surface area contributed by atoms with E-state index in [-0.39, 0.29) is 0 Å².